The molecule has 6 atom stereocenters. The molecule has 0 heterocycles. The van der Waals surface area contributed by atoms with Crippen LogP contribution >= 0.6 is 0 Å². The van der Waals surface area contributed by atoms with Crippen LogP contribution in [0.5, 0.6) is 0 Å². The van der Waals surface area contributed by atoms with Gasteiger partial charge in [-0.3, -0.25) is 67.1 Å². The second kappa shape index (κ2) is 59.1. The van der Waals surface area contributed by atoms with Crippen molar-refractivity contribution in [2.45, 2.75) is 172 Å². The van der Waals surface area contributed by atoms with Gasteiger partial charge in [-0.25, -0.2) is 0 Å². The molecule has 6 unspecified atom stereocenters. The predicted molar refractivity (Wildman–Crippen MR) is 417 cm³/mol. The lowest BCUT2D eigenvalue weighted by molar-refractivity contribution is -0.136. The van der Waals surface area contributed by atoms with Crippen molar-refractivity contribution in [3.05, 3.63) is 144 Å². The highest BCUT2D eigenvalue weighted by atomic mass is 16.5. The zero-order valence-electron chi connectivity index (χ0n) is 64.7. The standard InChI is InChI=1S/C83H116N8O22/c92-37-45-110-41-17-13-29-66(96)56-84-80(106)72(49-60-21-5-1-6-22-60)88-76(102)35-33-64(78(104)90-74(51-62-25-9-3-10-26-62)82(108)86-58-68(98)31-15-19-43-112-47-39-94)53-70(100)55-71(101)54-65(79(105)91-75(52-63-27-11-4-12-28-63)83(109)87-59-69(99)32-16-20-44-113-48-40-95)34-36-77(103)89-73(50-61-23-7-2-8-24-61)81(107)85-57-67(97)30-14-18-42-111-46-38-93/h1-12,21-28,64-65,72-75,92-95H,13-20,29-59H2,(H,84,106)(H,85,107)(H,86,108)(H,87,109)(H,88,102)(H,89,103)(H,90,104)(H,91,105). The Bertz CT molecular complexity index is 3290. The maximum Gasteiger partial charge on any atom is 0.243 e. The molecule has 0 aliphatic carbocycles. The molecule has 4 aromatic carbocycles. The van der Waals surface area contributed by atoms with Crippen molar-refractivity contribution in [2.24, 2.45) is 11.8 Å². The summed E-state index contributed by atoms with van der Waals surface area (Å²) in [6.07, 6.45) is -0.372. The van der Waals surface area contributed by atoms with E-state index in [9.17, 15) is 67.1 Å². The molecule has 30 heteroatoms. The maximum absolute atomic E-state index is 14.9. The fourth-order valence-corrected chi connectivity index (χ4v) is 11.9. The second-order valence-corrected chi connectivity index (χ2v) is 27.5. The summed E-state index contributed by atoms with van der Waals surface area (Å²) in [5.41, 5.74) is 2.45. The summed E-state index contributed by atoms with van der Waals surface area (Å²) in [5.74, 6) is -12.2. The largest absolute Gasteiger partial charge is 0.394 e. The third kappa shape index (κ3) is 44.4. The van der Waals surface area contributed by atoms with Crippen LogP contribution in [0.25, 0.3) is 0 Å². The minimum atomic E-state index is -1.48. The van der Waals surface area contributed by atoms with Gasteiger partial charge in [0.2, 0.25) is 47.3 Å². The summed E-state index contributed by atoms with van der Waals surface area (Å²) >= 11 is 0. The molecule has 12 N–H and O–H groups in total. The molecule has 8 amide bonds. The van der Waals surface area contributed by atoms with Gasteiger partial charge in [-0.2, -0.15) is 0 Å². The van der Waals surface area contributed by atoms with Gasteiger partial charge in [0, 0.05) is 115 Å². The Morgan fingerprint density at radius 3 is 0.752 bits per heavy atom. The number of carbonyl (C=O) groups excluding carboxylic acids is 14. The second-order valence-electron chi connectivity index (χ2n) is 27.5. The smallest absolute Gasteiger partial charge is 0.243 e. The van der Waals surface area contributed by atoms with Gasteiger partial charge in [-0.1, -0.05) is 121 Å². The van der Waals surface area contributed by atoms with E-state index in [1.54, 1.807) is 121 Å². The quantitative estimate of drug-likeness (QED) is 0.0223. The lowest BCUT2D eigenvalue weighted by Crippen LogP contribution is -2.51. The van der Waals surface area contributed by atoms with Crippen molar-refractivity contribution < 1.29 is 106 Å². The third-order valence-corrected chi connectivity index (χ3v) is 18.0. The van der Waals surface area contributed by atoms with E-state index in [-0.39, 0.29) is 140 Å². The van der Waals surface area contributed by atoms with Crippen molar-refractivity contribution in [1.82, 2.24) is 42.5 Å². The first kappa shape index (κ1) is 95.7. The normalized spacial score (nSPS) is 12.6. The molecule has 0 saturated carbocycles. The van der Waals surface area contributed by atoms with E-state index in [4.69, 9.17) is 39.4 Å². The molecule has 0 aliphatic heterocycles. The topological polar surface area (TPSA) is 453 Å². The number of nitrogens with one attached hydrogen (secondary N) is 8. The number of benzene rings is 4. The average Bonchev–Trinajstić information content (AvgIpc) is 0.880. The molecule has 0 fully saturated rings. The Kier molecular flexibility index (Phi) is 50.1. The van der Waals surface area contributed by atoms with Crippen LogP contribution in [0, 0.1) is 11.8 Å². The van der Waals surface area contributed by atoms with E-state index in [0.29, 0.717) is 100 Å². The number of aliphatic hydroxyl groups is 4. The predicted octanol–water partition coefficient (Wildman–Crippen LogP) is 2.46. The molecule has 0 aromatic heterocycles. The number of ether oxygens (including phenoxy) is 4. The molecule has 113 heavy (non-hydrogen) atoms. The van der Waals surface area contributed by atoms with Gasteiger partial charge >= 0.3 is 0 Å². The summed E-state index contributed by atoms with van der Waals surface area (Å²) in [5, 5.41) is 57.3. The molecule has 0 bridgehead atoms. The van der Waals surface area contributed by atoms with E-state index < -0.39 is 153 Å². The monoisotopic (exact) mass is 1580 g/mol. The Morgan fingerprint density at radius 1 is 0.274 bits per heavy atom. The lowest BCUT2D eigenvalue weighted by Gasteiger charge is -2.24. The zero-order chi connectivity index (χ0) is 82.1. The third-order valence-electron chi connectivity index (χ3n) is 18.0. The Labute approximate surface area is 660 Å². The summed E-state index contributed by atoms with van der Waals surface area (Å²) < 4.78 is 21.1. The first-order valence-corrected chi connectivity index (χ1v) is 39.0. The molecular weight excluding hydrogens is 1460 g/mol. The molecule has 4 rings (SSSR count). The van der Waals surface area contributed by atoms with Crippen molar-refractivity contribution in [2.75, 3.05) is 105 Å². The summed E-state index contributed by atoms with van der Waals surface area (Å²) in [6.45, 7) is -0.318. The number of hydrogen-bond donors (Lipinski definition) is 12. The average molecular weight is 1580 g/mol. The van der Waals surface area contributed by atoms with Gasteiger partial charge in [0.15, 0.2) is 23.1 Å². The van der Waals surface area contributed by atoms with Crippen LogP contribution in [-0.2, 0) is 112 Å². The van der Waals surface area contributed by atoms with Gasteiger partial charge in [-0.05, 0) is 86.5 Å². The minimum absolute atomic E-state index is 0.0327. The summed E-state index contributed by atoms with van der Waals surface area (Å²) in [6, 6.07) is 29.2. The minimum Gasteiger partial charge on any atom is -0.394 e. The van der Waals surface area contributed by atoms with Crippen molar-refractivity contribution in [3.8, 4) is 0 Å². The van der Waals surface area contributed by atoms with Gasteiger partial charge in [0.05, 0.1) is 85.5 Å². The van der Waals surface area contributed by atoms with Crippen molar-refractivity contribution in [1.29, 1.82) is 0 Å². The highest BCUT2D eigenvalue weighted by molar-refractivity contribution is 6.03. The van der Waals surface area contributed by atoms with Gasteiger partial charge in [0.1, 0.15) is 35.7 Å². The SMILES string of the molecule is O=C(CCCCOCCO)CNC(=O)C(Cc1ccccc1)NC(=O)CCC(CC(=O)CC(=O)CC(CCC(=O)NC(Cc1ccccc1)C(=O)NCC(=O)CCCCOCCO)C(=O)NC(Cc1ccccc1)C(=O)NCC(=O)CCCCOCCO)C(=O)NC(Cc1ccccc1)C(=O)NCC(=O)CCCCOCCO. The van der Waals surface area contributed by atoms with Crippen LogP contribution in [0.1, 0.15) is 144 Å². The van der Waals surface area contributed by atoms with Crippen LogP contribution < -0.4 is 42.5 Å². The molecule has 620 valence electrons. The fraction of sp³-hybridized carbons (Fsp3) is 0.542. The Hall–Kier alpha value is -9.66. The molecule has 0 aliphatic rings. The van der Waals surface area contributed by atoms with E-state index in [0.717, 1.165) is 0 Å². The number of ketones is 6. The van der Waals surface area contributed by atoms with Crippen LogP contribution in [0.3, 0.4) is 0 Å². The summed E-state index contributed by atoms with van der Waals surface area (Å²) in [7, 11) is 0. The van der Waals surface area contributed by atoms with E-state index in [2.05, 4.69) is 42.5 Å². The lowest BCUT2D eigenvalue weighted by atomic mass is 9.90. The first-order valence-electron chi connectivity index (χ1n) is 39.0. The number of Topliss-reactive ketones (excluding diaryl/α,β-unsaturated/α-hetero) is 6. The zero-order valence-corrected chi connectivity index (χ0v) is 64.7. The number of aliphatic hydroxyl groups excluding tert-OH is 4. The number of hydrogen-bond acceptors (Lipinski definition) is 22. The summed E-state index contributed by atoms with van der Waals surface area (Å²) in [4.78, 5) is 195. The number of unbranched alkanes of at least 4 members (excludes halogenated alkanes) is 4. The molecule has 4 aromatic rings. The van der Waals surface area contributed by atoms with Gasteiger partial charge in [-0.15, -0.1) is 0 Å². The number of rotatable bonds is 66. The number of carbonyl (C=O) groups is 14. The highest BCUT2D eigenvalue weighted by Gasteiger charge is 2.34. The van der Waals surface area contributed by atoms with E-state index in [1.807, 2.05) is 0 Å². The van der Waals surface area contributed by atoms with Crippen LogP contribution in [0.15, 0.2) is 121 Å². The van der Waals surface area contributed by atoms with Gasteiger partial charge < -0.3 is 81.9 Å². The van der Waals surface area contributed by atoms with Crippen LogP contribution in [0.2, 0.25) is 0 Å². The van der Waals surface area contributed by atoms with E-state index in [1.165, 1.54) is 0 Å². The Morgan fingerprint density at radius 2 is 0.513 bits per heavy atom. The van der Waals surface area contributed by atoms with Crippen LogP contribution in [-0.4, -0.2) is 232 Å². The highest BCUT2D eigenvalue weighted by Crippen LogP contribution is 2.21. The molecule has 0 spiro atoms. The maximum atomic E-state index is 14.9. The van der Waals surface area contributed by atoms with Crippen molar-refractivity contribution >= 4 is 82.0 Å². The molecular formula is C83H116N8O22. The molecule has 0 radical (unpaired) electrons. The van der Waals surface area contributed by atoms with Crippen LogP contribution in [0.4, 0.5) is 0 Å². The molecule has 0 saturated heterocycles. The number of amides is 8. The molecule has 30 nitrogen and oxygen atoms in total. The van der Waals surface area contributed by atoms with Crippen molar-refractivity contribution in [3.63, 3.8) is 0 Å². The van der Waals surface area contributed by atoms with Gasteiger partial charge in [0.25, 0.3) is 0 Å². The van der Waals surface area contributed by atoms with E-state index >= 15 is 0 Å². The first-order chi connectivity index (χ1) is 54.7. The fourth-order valence-electron chi connectivity index (χ4n) is 11.9. The Balaban J connectivity index is 1.68.